The molecule has 0 saturated carbocycles. The summed E-state index contributed by atoms with van der Waals surface area (Å²) in [6.07, 6.45) is 0.385. The highest BCUT2D eigenvalue weighted by Gasteiger charge is 2.07. The van der Waals surface area contributed by atoms with Crippen LogP contribution in [0.1, 0.15) is 25.8 Å². The van der Waals surface area contributed by atoms with Gasteiger partial charge < -0.3 is 16.0 Å². The average molecular weight is 263 g/mol. The van der Waals surface area contributed by atoms with Gasteiger partial charge in [-0.25, -0.2) is 0 Å². The monoisotopic (exact) mass is 263 g/mol. The zero-order chi connectivity index (χ0) is 14.3. The van der Waals surface area contributed by atoms with Gasteiger partial charge in [0, 0.05) is 37.8 Å². The van der Waals surface area contributed by atoms with Crippen molar-refractivity contribution in [2.75, 3.05) is 24.5 Å². The van der Waals surface area contributed by atoms with Gasteiger partial charge in [-0.2, -0.15) is 0 Å². The number of amides is 1. The van der Waals surface area contributed by atoms with Gasteiger partial charge in [0.1, 0.15) is 0 Å². The molecule has 4 nitrogen and oxygen atoms in total. The first kappa shape index (κ1) is 15.5. The van der Waals surface area contributed by atoms with E-state index in [0.29, 0.717) is 13.0 Å². The molecule has 1 unspecified atom stereocenters. The summed E-state index contributed by atoms with van der Waals surface area (Å²) < 4.78 is 0. The smallest absolute Gasteiger partial charge is 0.221 e. The Morgan fingerprint density at radius 1 is 1.47 bits per heavy atom. The van der Waals surface area contributed by atoms with Crippen LogP contribution in [-0.2, 0) is 4.79 Å². The first-order valence-corrected chi connectivity index (χ1v) is 6.86. The topological polar surface area (TPSA) is 58.4 Å². The summed E-state index contributed by atoms with van der Waals surface area (Å²) in [6.45, 7) is 8.42. The number of benzene rings is 1. The van der Waals surface area contributed by atoms with Crippen molar-refractivity contribution in [3.05, 3.63) is 29.8 Å². The molecule has 0 radical (unpaired) electrons. The van der Waals surface area contributed by atoms with Crippen LogP contribution in [0.25, 0.3) is 0 Å². The van der Waals surface area contributed by atoms with E-state index < -0.39 is 0 Å². The second-order valence-corrected chi connectivity index (χ2v) is 4.95. The van der Waals surface area contributed by atoms with Gasteiger partial charge >= 0.3 is 0 Å². The quantitative estimate of drug-likeness (QED) is 0.787. The summed E-state index contributed by atoms with van der Waals surface area (Å²) >= 11 is 0. The second-order valence-electron chi connectivity index (χ2n) is 4.95. The Kier molecular flexibility index (Phi) is 6.36. The lowest BCUT2D eigenvalue weighted by Crippen LogP contribution is -2.36. The van der Waals surface area contributed by atoms with E-state index in [1.807, 2.05) is 6.92 Å². The number of nitrogens with two attached hydrogens (primary N) is 1. The molecule has 0 aliphatic rings. The number of carbonyl (C=O) groups excluding carboxylic acids is 1. The Morgan fingerprint density at radius 3 is 2.79 bits per heavy atom. The highest BCUT2D eigenvalue weighted by molar-refractivity contribution is 5.76. The van der Waals surface area contributed by atoms with Gasteiger partial charge in [-0.15, -0.1) is 0 Å². The number of likely N-dealkylation sites (N-methyl/N-ethyl adjacent to an activating group) is 1. The first-order valence-electron chi connectivity index (χ1n) is 6.86. The van der Waals surface area contributed by atoms with E-state index in [9.17, 15) is 4.79 Å². The van der Waals surface area contributed by atoms with Crippen LogP contribution in [0.2, 0.25) is 0 Å². The SMILES string of the molecule is CCN(CCNC(=O)CC(C)N)c1cccc(C)c1. The molecule has 0 saturated heterocycles. The number of hydrogen-bond donors (Lipinski definition) is 2. The molecular formula is C15H25N3O. The van der Waals surface area contributed by atoms with Crippen molar-refractivity contribution in [2.24, 2.45) is 5.73 Å². The lowest BCUT2D eigenvalue weighted by atomic mass is 10.2. The predicted molar refractivity (Wildman–Crippen MR) is 80.3 cm³/mol. The van der Waals surface area contributed by atoms with Crippen molar-refractivity contribution in [1.82, 2.24) is 5.32 Å². The van der Waals surface area contributed by atoms with Gasteiger partial charge in [0.25, 0.3) is 0 Å². The predicted octanol–water partition coefficient (Wildman–Crippen LogP) is 1.67. The minimum Gasteiger partial charge on any atom is -0.370 e. The fraction of sp³-hybridized carbons (Fsp3) is 0.533. The van der Waals surface area contributed by atoms with E-state index in [1.54, 1.807) is 0 Å². The maximum absolute atomic E-state index is 11.5. The van der Waals surface area contributed by atoms with Crippen LogP contribution in [0.5, 0.6) is 0 Å². The van der Waals surface area contributed by atoms with E-state index >= 15 is 0 Å². The molecule has 3 N–H and O–H groups in total. The summed E-state index contributed by atoms with van der Waals surface area (Å²) in [5.74, 6) is 0.0234. The van der Waals surface area contributed by atoms with Crippen molar-refractivity contribution in [1.29, 1.82) is 0 Å². The van der Waals surface area contributed by atoms with Crippen LogP contribution in [0, 0.1) is 6.92 Å². The van der Waals surface area contributed by atoms with Crippen LogP contribution < -0.4 is 16.0 Å². The molecule has 106 valence electrons. The molecule has 0 heterocycles. The zero-order valence-electron chi connectivity index (χ0n) is 12.1. The van der Waals surface area contributed by atoms with Gasteiger partial charge in [-0.3, -0.25) is 4.79 Å². The van der Waals surface area contributed by atoms with Gasteiger partial charge in [-0.1, -0.05) is 12.1 Å². The number of rotatable bonds is 7. The fourth-order valence-corrected chi connectivity index (χ4v) is 1.99. The molecule has 1 atom stereocenters. The fourth-order valence-electron chi connectivity index (χ4n) is 1.99. The van der Waals surface area contributed by atoms with E-state index in [2.05, 4.69) is 48.3 Å². The van der Waals surface area contributed by atoms with Crippen LogP contribution >= 0.6 is 0 Å². The Hall–Kier alpha value is -1.55. The number of nitrogens with one attached hydrogen (secondary N) is 1. The summed E-state index contributed by atoms with van der Waals surface area (Å²) in [6, 6.07) is 8.32. The molecule has 1 rings (SSSR count). The Balaban J connectivity index is 2.43. The van der Waals surface area contributed by atoms with Crippen molar-refractivity contribution >= 4 is 11.6 Å². The minimum absolute atomic E-state index is 0.0234. The summed E-state index contributed by atoms with van der Waals surface area (Å²) in [5.41, 5.74) is 8.03. The van der Waals surface area contributed by atoms with Gasteiger partial charge in [0.2, 0.25) is 5.91 Å². The number of carbonyl (C=O) groups is 1. The molecule has 0 bridgehead atoms. The zero-order valence-corrected chi connectivity index (χ0v) is 12.1. The van der Waals surface area contributed by atoms with Crippen LogP contribution in [0.3, 0.4) is 0 Å². The minimum atomic E-state index is -0.0842. The van der Waals surface area contributed by atoms with Crippen molar-refractivity contribution in [3.63, 3.8) is 0 Å². The second kappa shape index (κ2) is 7.79. The lowest BCUT2D eigenvalue weighted by molar-refractivity contribution is -0.121. The Bertz CT molecular complexity index is 404. The highest BCUT2D eigenvalue weighted by atomic mass is 16.1. The van der Waals surface area contributed by atoms with E-state index in [0.717, 1.165) is 13.1 Å². The first-order chi connectivity index (χ1) is 9.02. The number of anilines is 1. The molecule has 0 aliphatic heterocycles. The Labute approximate surface area is 116 Å². The third-order valence-corrected chi connectivity index (χ3v) is 2.96. The molecule has 0 aromatic heterocycles. The molecule has 19 heavy (non-hydrogen) atoms. The molecule has 4 heteroatoms. The molecule has 0 aliphatic carbocycles. The third-order valence-electron chi connectivity index (χ3n) is 2.96. The van der Waals surface area contributed by atoms with Crippen molar-refractivity contribution < 1.29 is 4.79 Å². The van der Waals surface area contributed by atoms with Gasteiger partial charge in [0.15, 0.2) is 0 Å². The molecule has 1 amide bonds. The van der Waals surface area contributed by atoms with Crippen LogP contribution in [0.4, 0.5) is 5.69 Å². The maximum Gasteiger partial charge on any atom is 0.221 e. The largest absolute Gasteiger partial charge is 0.370 e. The average Bonchev–Trinajstić information content (AvgIpc) is 2.33. The van der Waals surface area contributed by atoms with Crippen molar-refractivity contribution in [3.8, 4) is 0 Å². The summed E-state index contributed by atoms with van der Waals surface area (Å²) in [5, 5.41) is 2.90. The molecule has 1 aromatic carbocycles. The molecule has 1 aromatic rings. The van der Waals surface area contributed by atoms with E-state index in [-0.39, 0.29) is 11.9 Å². The van der Waals surface area contributed by atoms with Gasteiger partial charge in [0.05, 0.1) is 0 Å². The van der Waals surface area contributed by atoms with Crippen molar-refractivity contribution in [2.45, 2.75) is 33.2 Å². The van der Waals surface area contributed by atoms with E-state index in [4.69, 9.17) is 5.73 Å². The normalized spacial score (nSPS) is 12.0. The number of aryl methyl sites for hydroxylation is 1. The lowest BCUT2D eigenvalue weighted by Gasteiger charge is -2.23. The van der Waals surface area contributed by atoms with Crippen LogP contribution in [0.15, 0.2) is 24.3 Å². The molecule has 0 spiro atoms. The summed E-state index contributed by atoms with van der Waals surface area (Å²) in [4.78, 5) is 13.8. The highest BCUT2D eigenvalue weighted by Crippen LogP contribution is 2.14. The molecule has 0 fully saturated rings. The van der Waals surface area contributed by atoms with Crippen LogP contribution in [-0.4, -0.2) is 31.6 Å². The number of nitrogens with zero attached hydrogens (tertiary/aromatic N) is 1. The maximum atomic E-state index is 11.5. The van der Waals surface area contributed by atoms with E-state index in [1.165, 1.54) is 11.3 Å². The number of hydrogen-bond acceptors (Lipinski definition) is 3. The molecular weight excluding hydrogens is 238 g/mol. The van der Waals surface area contributed by atoms with Gasteiger partial charge in [-0.05, 0) is 38.5 Å². The summed E-state index contributed by atoms with van der Waals surface area (Å²) in [7, 11) is 0. The third kappa shape index (κ3) is 5.75. The standard InChI is InChI=1S/C15H25N3O/c1-4-18(14-7-5-6-12(2)10-14)9-8-17-15(19)11-13(3)16/h5-7,10,13H,4,8-9,11,16H2,1-3H3,(H,17,19). The Morgan fingerprint density at radius 2 is 2.21 bits per heavy atom.